The number of hydrogen-bond donors (Lipinski definition) is 1. The van der Waals surface area contributed by atoms with Gasteiger partial charge in [-0.15, -0.1) is 0 Å². The topological polar surface area (TPSA) is 66.0 Å². The van der Waals surface area contributed by atoms with Crippen LogP contribution in [0.2, 0.25) is 0 Å². The Kier molecular flexibility index (Phi) is 5.40. The van der Waals surface area contributed by atoms with Gasteiger partial charge in [-0.1, -0.05) is 6.07 Å². The molecular formula is C18H17F2NO5. The summed E-state index contributed by atoms with van der Waals surface area (Å²) in [6.07, 6.45) is 0.0910. The van der Waals surface area contributed by atoms with Crippen molar-refractivity contribution in [3.63, 3.8) is 0 Å². The zero-order chi connectivity index (χ0) is 18.5. The van der Waals surface area contributed by atoms with Gasteiger partial charge in [-0.3, -0.25) is 4.79 Å². The molecular weight excluding hydrogens is 348 g/mol. The molecule has 0 unspecified atom stereocenters. The molecule has 0 fully saturated rings. The van der Waals surface area contributed by atoms with Crippen molar-refractivity contribution in [2.45, 2.75) is 13.0 Å². The first-order valence-corrected chi connectivity index (χ1v) is 7.86. The summed E-state index contributed by atoms with van der Waals surface area (Å²) >= 11 is 0. The molecule has 0 saturated heterocycles. The minimum Gasteiger partial charge on any atom is -0.493 e. The Hall–Kier alpha value is -3.03. The Morgan fingerprint density at radius 3 is 2.62 bits per heavy atom. The van der Waals surface area contributed by atoms with Crippen molar-refractivity contribution in [3.8, 4) is 23.0 Å². The van der Waals surface area contributed by atoms with E-state index >= 15 is 0 Å². The normalized spacial score (nSPS) is 12.6. The van der Waals surface area contributed by atoms with Crippen molar-refractivity contribution in [2.24, 2.45) is 0 Å². The molecule has 1 aliphatic rings. The van der Waals surface area contributed by atoms with Gasteiger partial charge in [0.15, 0.2) is 23.0 Å². The largest absolute Gasteiger partial charge is 0.493 e. The number of ether oxygens (including phenoxy) is 4. The molecule has 1 heterocycles. The second kappa shape index (κ2) is 7.90. The summed E-state index contributed by atoms with van der Waals surface area (Å²) in [5.74, 6) is 0.924. The SMILES string of the molecule is COc1ccc(NC(=O)Cc2ccc3c(c2)OCCO3)cc1OC(F)F. The second-order valence-electron chi connectivity index (χ2n) is 5.45. The lowest BCUT2D eigenvalue weighted by Crippen LogP contribution is -2.17. The number of nitrogens with one attached hydrogen (secondary N) is 1. The maximum atomic E-state index is 12.5. The molecule has 1 aliphatic heterocycles. The molecule has 6 nitrogen and oxygen atoms in total. The van der Waals surface area contributed by atoms with Crippen LogP contribution in [0.15, 0.2) is 36.4 Å². The zero-order valence-corrected chi connectivity index (χ0v) is 14.0. The molecule has 0 spiro atoms. The van der Waals surface area contributed by atoms with Crippen LogP contribution in [0.4, 0.5) is 14.5 Å². The first-order valence-electron chi connectivity index (χ1n) is 7.86. The third kappa shape index (κ3) is 4.33. The number of amides is 1. The van der Waals surface area contributed by atoms with Crippen molar-refractivity contribution >= 4 is 11.6 Å². The molecule has 0 aromatic heterocycles. The van der Waals surface area contributed by atoms with Gasteiger partial charge in [-0.25, -0.2) is 0 Å². The van der Waals surface area contributed by atoms with Gasteiger partial charge >= 0.3 is 6.61 Å². The Morgan fingerprint density at radius 2 is 1.88 bits per heavy atom. The average Bonchev–Trinajstić information content (AvgIpc) is 2.61. The molecule has 1 amide bonds. The van der Waals surface area contributed by atoms with Crippen molar-refractivity contribution in [1.82, 2.24) is 0 Å². The summed E-state index contributed by atoms with van der Waals surface area (Å²) in [4.78, 5) is 12.2. The van der Waals surface area contributed by atoms with Gasteiger partial charge < -0.3 is 24.3 Å². The number of fused-ring (bicyclic) bond motifs is 1. The summed E-state index contributed by atoms with van der Waals surface area (Å²) < 4.78 is 45.2. The molecule has 0 bridgehead atoms. The Labute approximate surface area is 148 Å². The van der Waals surface area contributed by atoms with Crippen molar-refractivity contribution in [2.75, 3.05) is 25.6 Å². The summed E-state index contributed by atoms with van der Waals surface area (Å²) in [6, 6.07) is 9.53. The number of anilines is 1. The van der Waals surface area contributed by atoms with E-state index in [1.165, 1.54) is 19.2 Å². The Balaban J connectivity index is 1.68. The molecule has 0 saturated carbocycles. The lowest BCUT2D eigenvalue weighted by atomic mass is 10.1. The molecule has 138 valence electrons. The predicted octanol–water partition coefficient (Wildman–Crippen LogP) is 3.25. The molecule has 2 aromatic rings. The van der Waals surface area contributed by atoms with E-state index in [2.05, 4.69) is 10.1 Å². The van der Waals surface area contributed by atoms with Crippen LogP contribution in [0.25, 0.3) is 0 Å². The van der Waals surface area contributed by atoms with Crippen LogP contribution < -0.4 is 24.3 Å². The van der Waals surface area contributed by atoms with Crippen LogP contribution in [-0.4, -0.2) is 32.8 Å². The van der Waals surface area contributed by atoms with Crippen LogP contribution in [0.1, 0.15) is 5.56 Å². The predicted molar refractivity (Wildman–Crippen MR) is 89.4 cm³/mol. The fourth-order valence-electron chi connectivity index (χ4n) is 2.53. The quantitative estimate of drug-likeness (QED) is 0.851. The zero-order valence-electron chi connectivity index (χ0n) is 14.0. The molecule has 2 aromatic carbocycles. The molecule has 8 heteroatoms. The van der Waals surface area contributed by atoms with Gasteiger partial charge in [-0.2, -0.15) is 8.78 Å². The molecule has 0 atom stereocenters. The highest BCUT2D eigenvalue weighted by molar-refractivity contribution is 5.92. The fourth-order valence-corrected chi connectivity index (χ4v) is 2.53. The van der Waals surface area contributed by atoms with E-state index in [-0.39, 0.29) is 23.8 Å². The molecule has 3 rings (SSSR count). The first kappa shape index (κ1) is 17.8. The third-order valence-electron chi connectivity index (χ3n) is 3.63. The monoisotopic (exact) mass is 365 g/mol. The standard InChI is InChI=1S/C18H17F2NO5/c1-23-13-5-3-12(10-16(13)26-18(19)20)21-17(22)9-11-2-4-14-15(8-11)25-7-6-24-14/h2-5,8,10,18H,6-7,9H2,1H3,(H,21,22). The maximum absolute atomic E-state index is 12.5. The van der Waals surface area contributed by atoms with E-state index in [1.54, 1.807) is 24.3 Å². The van der Waals surface area contributed by atoms with Crippen molar-refractivity contribution in [1.29, 1.82) is 0 Å². The maximum Gasteiger partial charge on any atom is 0.387 e. The highest BCUT2D eigenvalue weighted by atomic mass is 19.3. The average molecular weight is 365 g/mol. The lowest BCUT2D eigenvalue weighted by molar-refractivity contribution is -0.115. The van der Waals surface area contributed by atoms with Crippen molar-refractivity contribution in [3.05, 3.63) is 42.0 Å². The van der Waals surface area contributed by atoms with Crippen LogP contribution >= 0.6 is 0 Å². The van der Waals surface area contributed by atoms with Gasteiger partial charge in [0.1, 0.15) is 13.2 Å². The fraction of sp³-hybridized carbons (Fsp3) is 0.278. The minimum absolute atomic E-state index is 0.0910. The van der Waals surface area contributed by atoms with Crippen LogP contribution in [0.5, 0.6) is 23.0 Å². The Bertz CT molecular complexity index is 797. The smallest absolute Gasteiger partial charge is 0.387 e. The Morgan fingerprint density at radius 1 is 1.12 bits per heavy atom. The molecule has 0 radical (unpaired) electrons. The lowest BCUT2D eigenvalue weighted by Gasteiger charge is -2.18. The number of hydrogen-bond acceptors (Lipinski definition) is 5. The summed E-state index contributed by atoms with van der Waals surface area (Å²) in [6.45, 7) is -2.04. The van der Waals surface area contributed by atoms with Gasteiger partial charge in [0.25, 0.3) is 0 Å². The number of benzene rings is 2. The number of halogens is 2. The highest BCUT2D eigenvalue weighted by Gasteiger charge is 2.15. The van der Waals surface area contributed by atoms with E-state index in [0.717, 1.165) is 5.56 Å². The number of alkyl halides is 2. The van der Waals surface area contributed by atoms with E-state index in [9.17, 15) is 13.6 Å². The van der Waals surface area contributed by atoms with Gasteiger partial charge in [0, 0.05) is 11.8 Å². The number of carbonyl (C=O) groups is 1. The highest BCUT2D eigenvalue weighted by Crippen LogP contribution is 2.32. The summed E-state index contributed by atoms with van der Waals surface area (Å²) in [5.41, 5.74) is 1.06. The van der Waals surface area contributed by atoms with Crippen molar-refractivity contribution < 1.29 is 32.5 Å². The van der Waals surface area contributed by atoms with E-state index in [4.69, 9.17) is 14.2 Å². The molecule has 0 aliphatic carbocycles. The van der Waals surface area contributed by atoms with E-state index < -0.39 is 6.61 Å². The number of rotatable bonds is 6. The van der Waals surface area contributed by atoms with Crippen LogP contribution in [0, 0.1) is 0 Å². The second-order valence-corrected chi connectivity index (χ2v) is 5.45. The van der Waals surface area contributed by atoms with Gasteiger partial charge in [0.05, 0.1) is 13.5 Å². The number of methoxy groups -OCH3 is 1. The van der Waals surface area contributed by atoms with Crippen LogP contribution in [0.3, 0.4) is 0 Å². The minimum atomic E-state index is -2.99. The molecule has 26 heavy (non-hydrogen) atoms. The first-order chi connectivity index (χ1) is 12.5. The summed E-state index contributed by atoms with van der Waals surface area (Å²) in [7, 11) is 1.34. The number of carbonyl (C=O) groups excluding carboxylic acids is 1. The molecule has 1 N–H and O–H groups in total. The van der Waals surface area contributed by atoms with E-state index in [1.807, 2.05) is 0 Å². The van der Waals surface area contributed by atoms with Gasteiger partial charge in [0.2, 0.25) is 5.91 Å². The third-order valence-corrected chi connectivity index (χ3v) is 3.63. The van der Waals surface area contributed by atoms with E-state index in [0.29, 0.717) is 30.4 Å². The summed E-state index contributed by atoms with van der Waals surface area (Å²) in [5, 5.41) is 2.64. The van der Waals surface area contributed by atoms with Crippen LogP contribution in [-0.2, 0) is 11.2 Å². The van der Waals surface area contributed by atoms with Gasteiger partial charge in [-0.05, 0) is 29.8 Å².